The molecule has 0 heterocycles. The molecule has 0 radical (unpaired) electrons. The molecule has 0 aliphatic carbocycles. The van der Waals surface area contributed by atoms with Crippen LogP contribution in [-0.2, 0) is 6.61 Å². The van der Waals surface area contributed by atoms with E-state index in [4.69, 9.17) is 14.2 Å². The SMILES string of the molecule is C=CCOc1ccc(C(=O)N/N=C/c2ccc(OCc3ccc([N+](=O)[O-])cc3)c(Br)c2)cc1OC. The van der Waals surface area contributed by atoms with Gasteiger partial charge in [-0.15, -0.1) is 0 Å². The predicted octanol–water partition coefficient (Wildman–Crippen LogP) is 5.27. The number of nitro benzene ring substituents is 1. The van der Waals surface area contributed by atoms with Crippen LogP contribution in [0.3, 0.4) is 0 Å². The Hall–Kier alpha value is -4.18. The molecule has 0 atom stereocenters. The number of carbonyl (C=O) groups excluding carboxylic acids is 1. The molecule has 0 unspecified atom stereocenters. The van der Waals surface area contributed by atoms with Crippen LogP contribution in [0.5, 0.6) is 17.2 Å². The van der Waals surface area contributed by atoms with E-state index < -0.39 is 10.8 Å². The molecular formula is C25H22BrN3O6. The lowest BCUT2D eigenvalue weighted by molar-refractivity contribution is -0.384. The van der Waals surface area contributed by atoms with Crippen molar-refractivity contribution in [2.75, 3.05) is 13.7 Å². The van der Waals surface area contributed by atoms with Gasteiger partial charge in [0.05, 0.1) is 22.7 Å². The van der Waals surface area contributed by atoms with Crippen LogP contribution in [0, 0.1) is 10.1 Å². The molecule has 35 heavy (non-hydrogen) atoms. The number of halogens is 1. The Morgan fingerprint density at radius 3 is 2.49 bits per heavy atom. The van der Waals surface area contributed by atoms with Gasteiger partial charge in [-0.25, -0.2) is 5.43 Å². The fraction of sp³-hybridized carbons (Fsp3) is 0.120. The first-order chi connectivity index (χ1) is 16.9. The van der Waals surface area contributed by atoms with E-state index >= 15 is 0 Å². The van der Waals surface area contributed by atoms with E-state index in [1.807, 2.05) is 0 Å². The number of nitrogens with zero attached hydrogens (tertiary/aromatic N) is 2. The fourth-order valence-corrected chi connectivity index (χ4v) is 3.41. The fourth-order valence-electron chi connectivity index (χ4n) is 2.90. The van der Waals surface area contributed by atoms with Gasteiger partial charge in [0.15, 0.2) is 11.5 Å². The van der Waals surface area contributed by atoms with Crippen molar-refractivity contribution in [1.82, 2.24) is 5.43 Å². The lowest BCUT2D eigenvalue weighted by atomic mass is 10.2. The van der Waals surface area contributed by atoms with Gasteiger partial charge < -0.3 is 14.2 Å². The summed E-state index contributed by atoms with van der Waals surface area (Å²) >= 11 is 3.45. The average Bonchev–Trinajstić information content (AvgIpc) is 2.87. The number of nitrogens with one attached hydrogen (secondary N) is 1. The Bertz CT molecular complexity index is 1240. The summed E-state index contributed by atoms with van der Waals surface area (Å²) in [6.45, 7) is 4.17. The highest BCUT2D eigenvalue weighted by Gasteiger charge is 2.11. The van der Waals surface area contributed by atoms with E-state index in [9.17, 15) is 14.9 Å². The third-order valence-electron chi connectivity index (χ3n) is 4.66. The first kappa shape index (κ1) is 25.4. The number of non-ortho nitro benzene ring substituents is 1. The van der Waals surface area contributed by atoms with Gasteiger partial charge in [-0.2, -0.15) is 5.10 Å². The van der Waals surface area contributed by atoms with E-state index in [1.54, 1.807) is 54.6 Å². The van der Waals surface area contributed by atoms with Crippen molar-refractivity contribution in [3.8, 4) is 17.2 Å². The van der Waals surface area contributed by atoms with Crippen LogP contribution in [-0.4, -0.2) is 30.8 Å². The Kier molecular flexibility index (Phi) is 8.96. The molecule has 3 rings (SSSR count). The first-order valence-electron chi connectivity index (χ1n) is 10.3. The summed E-state index contributed by atoms with van der Waals surface area (Å²) in [4.78, 5) is 22.7. The number of nitro groups is 1. The Morgan fingerprint density at radius 2 is 1.83 bits per heavy atom. The third kappa shape index (κ3) is 7.15. The summed E-state index contributed by atoms with van der Waals surface area (Å²) in [7, 11) is 1.49. The normalized spacial score (nSPS) is 10.6. The number of methoxy groups -OCH3 is 1. The molecule has 180 valence electrons. The van der Waals surface area contributed by atoms with Gasteiger partial charge >= 0.3 is 0 Å². The number of amides is 1. The van der Waals surface area contributed by atoms with Gasteiger partial charge in [-0.3, -0.25) is 14.9 Å². The molecule has 1 amide bonds. The monoisotopic (exact) mass is 539 g/mol. The van der Waals surface area contributed by atoms with Crippen molar-refractivity contribution < 1.29 is 23.9 Å². The van der Waals surface area contributed by atoms with Gasteiger partial charge in [0.1, 0.15) is 19.0 Å². The summed E-state index contributed by atoms with van der Waals surface area (Å²) in [6, 6.07) is 16.3. The molecule has 3 aromatic rings. The highest BCUT2D eigenvalue weighted by molar-refractivity contribution is 9.10. The van der Waals surface area contributed by atoms with Crippen molar-refractivity contribution >= 4 is 33.7 Å². The summed E-state index contributed by atoms with van der Waals surface area (Å²) in [6.07, 6.45) is 3.12. The van der Waals surface area contributed by atoms with Crippen LogP contribution >= 0.6 is 15.9 Å². The summed E-state index contributed by atoms with van der Waals surface area (Å²) in [5.41, 5.74) is 4.39. The number of benzene rings is 3. The minimum atomic E-state index is -0.447. The minimum absolute atomic E-state index is 0.0272. The molecule has 0 spiro atoms. The van der Waals surface area contributed by atoms with E-state index in [-0.39, 0.29) is 12.3 Å². The number of hydrogen-bond acceptors (Lipinski definition) is 7. The van der Waals surface area contributed by atoms with Crippen LogP contribution in [0.1, 0.15) is 21.5 Å². The Morgan fingerprint density at radius 1 is 1.09 bits per heavy atom. The van der Waals surface area contributed by atoms with Crippen molar-refractivity contribution in [1.29, 1.82) is 0 Å². The Balaban J connectivity index is 1.57. The second-order valence-corrected chi connectivity index (χ2v) is 7.92. The van der Waals surface area contributed by atoms with Gasteiger partial charge in [0, 0.05) is 17.7 Å². The molecular weight excluding hydrogens is 518 g/mol. The Labute approximate surface area is 210 Å². The van der Waals surface area contributed by atoms with E-state index in [2.05, 4.69) is 33.0 Å². The molecule has 0 aromatic heterocycles. The number of carbonyl (C=O) groups is 1. The quantitative estimate of drug-likeness (QED) is 0.153. The molecule has 0 saturated heterocycles. The molecule has 10 heteroatoms. The maximum absolute atomic E-state index is 12.4. The maximum Gasteiger partial charge on any atom is 0.271 e. The van der Waals surface area contributed by atoms with E-state index in [1.165, 1.54) is 25.5 Å². The molecule has 9 nitrogen and oxygen atoms in total. The molecule has 3 aromatic carbocycles. The minimum Gasteiger partial charge on any atom is -0.493 e. The molecule has 0 bridgehead atoms. The zero-order valence-electron chi connectivity index (χ0n) is 18.8. The molecule has 0 aliphatic heterocycles. The van der Waals surface area contributed by atoms with Crippen molar-refractivity contribution in [3.05, 3.63) is 105 Å². The van der Waals surface area contributed by atoms with Crippen LogP contribution in [0.25, 0.3) is 0 Å². The highest BCUT2D eigenvalue weighted by atomic mass is 79.9. The molecule has 0 fully saturated rings. The second-order valence-electron chi connectivity index (χ2n) is 7.07. The lowest BCUT2D eigenvalue weighted by Gasteiger charge is -2.10. The maximum atomic E-state index is 12.4. The summed E-state index contributed by atoms with van der Waals surface area (Å²) in [5.74, 6) is 1.12. The summed E-state index contributed by atoms with van der Waals surface area (Å²) in [5, 5.41) is 14.8. The van der Waals surface area contributed by atoms with Crippen molar-refractivity contribution in [2.24, 2.45) is 5.10 Å². The standard InChI is InChI=1S/C25H22BrN3O6/c1-3-12-34-23-11-7-19(14-24(23)33-2)25(30)28-27-15-18-6-10-22(21(26)13-18)35-16-17-4-8-20(9-5-17)29(31)32/h3-11,13-15H,1,12,16H2,2H3,(H,28,30)/b27-15+. The van der Waals surface area contributed by atoms with Gasteiger partial charge in [0.2, 0.25) is 0 Å². The smallest absolute Gasteiger partial charge is 0.271 e. The third-order valence-corrected chi connectivity index (χ3v) is 5.28. The average molecular weight is 540 g/mol. The largest absolute Gasteiger partial charge is 0.493 e. The topological polar surface area (TPSA) is 112 Å². The zero-order valence-corrected chi connectivity index (χ0v) is 20.4. The molecule has 0 aliphatic rings. The van der Waals surface area contributed by atoms with Crippen molar-refractivity contribution in [3.63, 3.8) is 0 Å². The van der Waals surface area contributed by atoms with Crippen LogP contribution in [0.2, 0.25) is 0 Å². The number of hydrogen-bond donors (Lipinski definition) is 1. The predicted molar refractivity (Wildman–Crippen MR) is 135 cm³/mol. The number of rotatable bonds is 11. The molecule has 0 saturated carbocycles. The van der Waals surface area contributed by atoms with Gasteiger partial charge in [0.25, 0.3) is 11.6 Å². The van der Waals surface area contributed by atoms with Crippen molar-refractivity contribution in [2.45, 2.75) is 6.61 Å². The molecule has 1 N–H and O–H groups in total. The highest BCUT2D eigenvalue weighted by Crippen LogP contribution is 2.28. The number of hydrazone groups is 1. The van der Waals surface area contributed by atoms with Crippen LogP contribution in [0.15, 0.2) is 82.9 Å². The van der Waals surface area contributed by atoms with Crippen LogP contribution in [0.4, 0.5) is 5.69 Å². The van der Waals surface area contributed by atoms with Crippen LogP contribution < -0.4 is 19.6 Å². The number of ether oxygens (including phenoxy) is 3. The lowest BCUT2D eigenvalue weighted by Crippen LogP contribution is -2.17. The van der Waals surface area contributed by atoms with Gasteiger partial charge in [-0.1, -0.05) is 12.7 Å². The zero-order chi connectivity index (χ0) is 25.2. The second kappa shape index (κ2) is 12.3. The van der Waals surface area contributed by atoms with E-state index in [0.29, 0.717) is 33.9 Å². The van der Waals surface area contributed by atoms with E-state index in [0.717, 1.165) is 11.1 Å². The summed E-state index contributed by atoms with van der Waals surface area (Å²) < 4.78 is 17.2. The van der Waals surface area contributed by atoms with Gasteiger partial charge in [-0.05, 0) is 75.6 Å². The first-order valence-corrected chi connectivity index (χ1v) is 11.1.